The second kappa shape index (κ2) is 10.3. The highest BCUT2D eigenvalue weighted by molar-refractivity contribution is 7.91. The minimum absolute atomic E-state index is 0.0797. The van der Waals surface area contributed by atoms with Crippen molar-refractivity contribution in [3.05, 3.63) is 57.3 Å². The standard InChI is InChI=1S/C27H29F3N2O5S2/c1-26(17-5-7-18(8-6-17)37-14-2-13-27(28,29)30)15-20(22-12-11-21(38-22)16-3-4-16)23(24(33)31-26)25(34)32-39(35,36)19-9-10-19/h5-8,11-12,16,19H,2-4,9-10,13-15H2,1H3,(H,31,33)(H,32,34)/t26-/m0/s1. The number of halogens is 3. The number of sulfonamides is 1. The molecule has 1 aromatic heterocycles. The van der Waals surface area contributed by atoms with Crippen LogP contribution in [0.2, 0.25) is 0 Å². The van der Waals surface area contributed by atoms with Gasteiger partial charge in [-0.05, 0) is 80.3 Å². The van der Waals surface area contributed by atoms with Crippen LogP contribution in [0.4, 0.5) is 13.2 Å². The zero-order valence-electron chi connectivity index (χ0n) is 21.3. The van der Waals surface area contributed by atoms with Gasteiger partial charge < -0.3 is 10.1 Å². The Morgan fingerprint density at radius 1 is 1.13 bits per heavy atom. The molecule has 2 fully saturated rings. The zero-order chi connectivity index (χ0) is 28.0. The summed E-state index contributed by atoms with van der Waals surface area (Å²) in [5.74, 6) is -0.721. The number of hydrogen-bond acceptors (Lipinski definition) is 6. The summed E-state index contributed by atoms with van der Waals surface area (Å²) < 4.78 is 69.6. The van der Waals surface area contributed by atoms with E-state index in [1.807, 2.05) is 19.1 Å². The van der Waals surface area contributed by atoms with Crippen LogP contribution in [-0.2, 0) is 25.2 Å². The fourth-order valence-electron chi connectivity index (χ4n) is 4.69. The quantitative estimate of drug-likeness (QED) is 0.298. The Labute approximate surface area is 228 Å². The lowest BCUT2D eigenvalue weighted by molar-refractivity contribution is -0.136. The first-order valence-electron chi connectivity index (χ1n) is 12.9. The van der Waals surface area contributed by atoms with Gasteiger partial charge in [-0.2, -0.15) is 13.2 Å². The van der Waals surface area contributed by atoms with Crippen molar-refractivity contribution in [1.29, 1.82) is 0 Å². The van der Waals surface area contributed by atoms with Crippen molar-refractivity contribution in [3.63, 3.8) is 0 Å². The number of benzene rings is 1. The van der Waals surface area contributed by atoms with Crippen molar-refractivity contribution in [2.45, 2.75) is 74.8 Å². The summed E-state index contributed by atoms with van der Waals surface area (Å²) in [6, 6.07) is 10.6. The number of nitrogens with one attached hydrogen (secondary N) is 2. The van der Waals surface area contributed by atoms with Crippen molar-refractivity contribution in [1.82, 2.24) is 10.0 Å². The maximum absolute atomic E-state index is 13.4. The molecular weight excluding hydrogens is 553 g/mol. The predicted octanol–water partition coefficient (Wildman–Crippen LogP) is 5.14. The van der Waals surface area contributed by atoms with Gasteiger partial charge in [0, 0.05) is 22.6 Å². The molecule has 2 amide bonds. The molecule has 210 valence electrons. The molecule has 0 bridgehead atoms. The second-order valence-electron chi connectivity index (χ2n) is 10.6. The van der Waals surface area contributed by atoms with Crippen LogP contribution >= 0.6 is 11.3 Å². The molecule has 0 unspecified atom stereocenters. The maximum atomic E-state index is 13.4. The van der Waals surface area contributed by atoms with Gasteiger partial charge in [-0.15, -0.1) is 11.3 Å². The molecule has 0 spiro atoms. The van der Waals surface area contributed by atoms with Gasteiger partial charge in [0.15, 0.2) is 0 Å². The van der Waals surface area contributed by atoms with Gasteiger partial charge in [0.2, 0.25) is 10.0 Å². The Kier molecular flexibility index (Phi) is 7.30. The number of carbonyl (C=O) groups is 2. The van der Waals surface area contributed by atoms with E-state index >= 15 is 0 Å². The monoisotopic (exact) mass is 582 g/mol. The molecule has 2 saturated carbocycles. The Bertz CT molecular complexity index is 1410. The molecule has 12 heteroatoms. The lowest BCUT2D eigenvalue weighted by Crippen LogP contribution is -2.50. The number of amides is 2. The van der Waals surface area contributed by atoms with Crippen LogP contribution in [0.25, 0.3) is 5.57 Å². The Morgan fingerprint density at radius 3 is 2.44 bits per heavy atom. The van der Waals surface area contributed by atoms with E-state index in [2.05, 4.69) is 10.0 Å². The number of ether oxygens (including phenoxy) is 1. The molecule has 0 radical (unpaired) electrons. The molecule has 2 N–H and O–H groups in total. The Balaban J connectivity index is 1.40. The predicted molar refractivity (Wildman–Crippen MR) is 141 cm³/mol. The molecule has 1 aromatic carbocycles. The summed E-state index contributed by atoms with van der Waals surface area (Å²) in [7, 11) is -3.85. The SMILES string of the molecule is C[C@@]1(c2ccc(OCCCC(F)(F)F)cc2)CC(c2ccc(C3CC3)s2)=C(C(=O)NS(=O)(=O)C2CC2)C(=O)N1. The van der Waals surface area contributed by atoms with Gasteiger partial charge in [0.1, 0.15) is 11.3 Å². The van der Waals surface area contributed by atoms with E-state index in [1.54, 1.807) is 24.3 Å². The van der Waals surface area contributed by atoms with Crippen molar-refractivity contribution in [2.75, 3.05) is 6.61 Å². The summed E-state index contributed by atoms with van der Waals surface area (Å²) in [4.78, 5) is 28.5. The van der Waals surface area contributed by atoms with Gasteiger partial charge in [-0.1, -0.05) is 12.1 Å². The number of carbonyl (C=O) groups excluding carboxylic acids is 2. The van der Waals surface area contributed by atoms with Crippen LogP contribution in [0.15, 0.2) is 42.0 Å². The Hall–Kier alpha value is -2.86. The van der Waals surface area contributed by atoms with Crippen molar-refractivity contribution in [3.8, 4) is 5.75 Å². The molecular formula is C27H29F3N2O5S2. The molecule has 1 aliphatic heterocycles. The first kappa shape index (κ1) is 27.7. The topological polar surface area (TPSA) is 102 Å². The van der Waals surface area contributed by atoms with Crippen LogP contribution in [0.1, 0.15) is 73.1 Å². The zero-order valence-corrected chi connectivity index (χ0v) is 22.9. The highest BCUT2D eigenvalue weighted by Gasteiger charge is 2.43. The smallest absolute Gasteiger partial charge is 0.389 e. The molecule has 0 saturated heterocycles. The molecule has 1 atom stereocenters. The highest BCUT2D eigenvalue weighted by atomic mass is 32.2. The summed E-state index contributed by atoms with van der Waals surface area (Å²) in [5, 5.41) is 2.28. The minimum Gasteiger partial charge on any atom is -0.494 e. The molecule has 2 heterocycles. The summed E-state index contributed by atoms with van der Waals surface area (Å²) in [6.45, 7) is 1.73. The normalized spacial score (nSPS) is 22.0. The maximum Gasteiger partial charge on any atom is 0.389 e. The van der Waals surface area contributed by atoms with Crippen LogP contribution in [0.3, 0.4) is 0 Å². The molecule has 7 nitrogen and oxygen atoms in total. The van der Waals surface area contributed by atoms with Crippen LogP contribution in [-0.4, -0.2) is 38.3 Å². The second-order valence-corrected chi connectivity index (χ2v) is 13.6. The van der Waals surface area contributed by atoms with E-state index in [9.17, 15) is 31.2 Å². The number of rotatable bonds is 10. The van der Waals surface area contributed by atoms with Crippen molar-refractivity contribution < 1.29 is 35.9 Å². The fourth-order valence-corrected chi connectivity index (χ4v) is 7.20. The number of hydrogen-bond donors (Lipinski definition) is 2. The lowest BCUT2D eigenvalue weighted by Gasteiger charge is -2.37. The van der Waals surface area contributed by atoms with Gasteiger partial charge in [0.05, 0.1) is 17.4 Å². The third-order valence-corrected chi connectivity index (χ3v) is 10.3. The van der Waals surface area contributed by atoms with E-state index in [-0.39, 0.29) is 25.0 Å². The van der Waals surface area contributed by atoms with E-state index < -0.39 is 45.2 Å². The third kappa shape index (κ3) is 6.49. The van der Waals surface area contributed by atoms with Crippen LogP contribution in [0, 0.1) is 0 Å². The summed E-state index contributed by atoms with van der Waals surface area (Å²) in [5.41, 5.74) is 0.0593. The van der Waals surface area contributed by atoms with Crippen molar-refractivity contribution in [2.24, 2.45) is 0 Å². The number of thiophene rings is 1. The molecule has 3 aliphatic rings. The average Bonchev–Trinajstić information content (AvgIpc) is 3.79. The van der Waals surface area contributed by atoms with Gasteiger partial charge >= 0.3 is 6.18 Å². The van der Waals surface area contributed by atoms with E-state index in [0.717, 1.165) is 17.7 Å². The van der Waals surface area contributed by atoms with E-state index in [0.29, 0.717) is 35.6 Å². The largest absolute Gasteiger partial charge is 0.494 e. The molecule has 39 heavy (non-hydrogen) atoms. The lowest BCUT2D eigenvalue weighted by atomic mass is 9.80. The average molecular weight is 583 g/mol. The van der Waals surface area contributed by atoms with E-state index in [4.69, 9.17) is 4.74 Å². The number of alkyl halides is 3. The summed E-state index contributed by atoms with van der Waals surface area (Å²) >= 11 is 1.51. The fraction of sp³-hybridized carbons (Fsp3) is 0.481. The van der Waals surface area contributed by atoms with Gasteiger partial charge in [-0.3, -0.25) is 9.59 Å². The van der Waals surface area contributed by atoms with Crippen LogP contribution in [0.5, 0.6) is 5.75 Å². The summed E-state index contributed by atoms with van der Waals surface area (Å²) in [6.07, 6.45) is -1.92. The first-order chi connectivity index (χ1) is 18.3. The first-order valence-corrected chi connectivity index (χ1v) is 15.2. The Morgan fingerprint density at radius 2 is 1.82 bits per heavy atom. The van der Waals surface area contributed by atoms with Crippen LogP contribution < -0.4 is 14.8 Å². The van der Waals surface area contributed by atoms with Gasteiger partial charge in [-0.25, -0.2) is 13.1 Å². The molecule has 2 aromatic rings. The van der Waals surface area contributed by atoms with E-state index in [1.165, 1.54) is 16.2 Å². The highest BCUT2D eigenvalue weighted by Crippen LogP contribution is 2.47. The third-order valence-electron chi connectivity index (χ3n) is 7.14. The van der Waals surface area contributed by atoms with Crippen molar-refractivity contribution >= 4 is 38.7 Å². The minimum atomic E-state index is -4.23. The van der Waals surface area contributed by atoms with Gasteiger partial charge in [0.25, 0.3) is 11.8 Å². The molecule has 2 aliphatic carbocycles. The molecule has 5 rings (SSSR count).